The number of aromatic nitrogens is 1. The van der Waals surface area contributed by atoms with Crippen molar-refractivity contribution in [2.45, 2.75) is 52.4 Å². The van der Waals surface area contributed by atoms with E-state index in [0.717, 1.165) is 36.1 Å². The first-order valence-corrected chi connectivity index (χ1v) is 7.34. The summed E-state index contributed by atoms with van der Waals surface area (Å²) in [5, 5.41) is 1.02. The predicted molar refractivity (Wildman–Crippen MR) is 77.6 cm³/mol. The first kappa shape index (κ1) is 13.9. The molecule has 0 atom stereocenters. The second-order valence-electron chi connectivity index (χ2n) is 4.94. The van der Waals surface area contributed by atoms with Crippen LogP contribution in [0.3, 0.4) is 0 Å². The van der Waals surface area contributed by atoms with Crippen LogP contribution in [0.25, 0.3) is 11.0 Å². The summed E-state index contributed by atoms with van der Waals surface area (Å²) >= 11 is 0. The molecule has 0 spiro atoms. The molecule has 2 aromatic rings. The lowest BCUT2D eigenvalue weighted by atomic mass is 10.2. The Morgan fingerprint density at radius 1 is 1.11 bits per heavy atom. The maximum absolute atomic E-state index is 5.71. The zero-order valence-corrected chi connectivity index (χ0v) is 11.9. The third-order valence-electron chi connectivity index (χ3n) is 3.21. The maximum atomic E-state index is 5.71. The van der Waals surface area contributed by atoms with Crippen molar-refractivity contribution < 1.29 is 9.15 Å². The van der Waals surface area contributed by atoms with Crippen LogP contribution in [0, 0.1) is 0 Å². The number of unbranched alkanes of at least 4 members (excludes halogenated alkanes) is 3. The average Bonchev–Trinajstić information content (AvgIpc) is 2.83. The Labute approximate surface area is 115 Å². The minimum atomic E-state index is 0.612. The van der Waals surface area contributed by atoms with Crippen molar-refractivity contribution in [3.05, 3.63) is 24.0 Å². The van der Waals surface area contributed by atoms with Gasteiger partial charge in [0.05, 0.1) is 6.61 Å². The van der Waals surface area contributed by atoms with Crippen LogP contribution in [0.4, 0.5) is 0 Å². The molecule has 104 valence electrons. The molecule has 0 amide bonds. The zero-order chi connectivity index (χ0) is 13.5. The van der Waals surface area contributed by atoms with E-state index in [1.165, 1.54) is 25.7 Å². The molecule has 0 aliphatic carbocycles. The van der Waals surface area contributed by atoms with Crippen molar-refractivity contribution in [1.29, 1.82) is 0 Å². The van der Waals surface area contributed by atoms with Crippen LogP contribution < -0.4 is 4.74 Å². The molecule has 3 nitrogen and oxygen atoms in total. The molecule has 0 saturated carbocycles. The topological polar surface area (TPSA) is 35.3 Å². The maximum Gasteiger partial charge on any atom is 0.285 e. The zero-order valence-electron chi connectivity index (χ0n) is 11.9. The van der Waals surface area contributed by atoms with E-state index in [2.05, 4.69) is 18.8 Å². The molecule has 0 N–H and O–H groups in total. The van der Waals surface area contributed by atoms with Gasteiger partial charge in [-0.15, -0.1) is 0 Å². The van der Waals surface area contributed by atoms with E-state index in [4.69, 9.17) is 9.15 Å². The summed E-state index contributed by atoms with van der Waals surface area (Å²) in [7, 11) is 0. The molecule has 0 aliphatic heterocycles. The summed E-state index contributed by atoms with van der Waals surface area (Å²) in [4.78, 5) is 4.45. The third kappa shape index (κ3) is 3.98. The van der Waals surface area contributed by atoms with Gasteiger partial charge < -0.3 is 9.15 Å². The molecular weight excluding hydrogens is 238 g/mol. The fourth-order valence-corrected chi connectivity index (χ4v) is 2.04. The molecule has 2 rings (SSSR count). The van der Waals surface area contributed by atoms with Crippen molar-refractivity contribution in [3.63, 3.8) is 0 Å². The van der Waals surface area contributed by atoms with Gasteiger partial charge in [-0.25, -0.2) is 0 Å². The highest BCUT2D eigenvalue weighted by molar-refractivity contribution is 5.78. The smallest absolute Gasteiger partial charge is 0.285 e. The summed E-state index contributed by atoms with van der Waals surface area (Å²) in [6.45, 7) is 5.10. The van der Waals surface area contributed by atoms with Crippen LogP contribution in [-0.2, 0) is 6.42 Å². The third-order valence-corrected chi connectivity index (χ3v) is 3.21. The van der Waals surface area contributed by atoms with E-state index in [-0.39, 0.29) is 0 Å². The van der Waals surface area contributed by atoms with Crippen LogP contribution >= 0.6 is 0 Å². The van der Waals surface area contributed by atoms with E-state index < -0.39 is 0 Å². The van der Waals surface area contributed by atoms with Crippen LogP contribution in [0.15, 0.2) is 22.7 Å². The Balaban J connectivity index is 1.99. The van der Waals surface area contributed by atoms with E-state index in [9.17, 15) is 0 Å². The molecular formula is C16H23NO2. The largest absolute Gasteiger partial charge is 0.465 e. The lowest BCUT2D eigenvalue weighted by molar-refractivity contribution is 0.243. The predicted octanol–water partition coefficient (Wildman–Crippen LogP) is 4.74. The van der Waals surface area contributed by atoms with E-state index in [1.54, 1.807) is 0 Å². The van der Waals surface area contributed by atoms with Gasteiger partial charge in [0.1, 0.15) is 5.58 Å². The minimum Gasteiger partial charge on any atom is -0.465 e. The van der Waals surface area contributed by atoms with Gasteiger partial charge in [-0.05, 0) is 19.3 Å². The monoisotopic (exact) mass is 261 g/mol. The Kier molecular flexibility index (Phi) is 5.25. The van der Waals surface area contributed by atoms with Gasteiger partial charge in [0, 0.05) is 29.4 Å². The van der Waals surface area contributed by atoms with Crippen LogP contribution in [0.5, 0.6) is 5.95 Å². The quantitative estimate of drug-likeness (QED) is 0.644. The van der Waals surface area contributed by atoms with Gasteiger partial charge in [-0.1, -0.05) is 33.1 Å². The number of ether oxygens (including phenoxy) is 1. The van der Waals surface area contributed by atoms with Crippen molar-refractivity contribution in [2.75, 3.05) is 6.61 Å². The molecule has 19 heavy (non-hydrogen) atoms. The van der Waals surface area contributed by atoms with Gasteiger partial charge in [-0.2, -0.15) is 0 Å². The van der Waals surface area contributed by atoms with Crippen LogP contribution in [0.1, 0.15) is 51.6 Å². The number of hydrogen-bond donors (Lipinski definition) is 0. The molecule has 0 radical (unpaired) electrons. The van der Waals surface area contributed by atoms with Crippen molar-refractivity contribution >= 4 is 11.0 Å². The molecule has 0 bridgehead atoms. The number of pyridine rings is 1. The Bertz CT molecular complexity index is 504. The standard InChI is InChI=1S/C16H23NO2/c1-3-5-7-9-18-16-10-13-12-17-14(8-6-4-2)11-15(13)19-16/h10-12H,3-9H2,1-2H3. The van der Waals surface area contributed by atoms with Gasteiger partial charge >= 0.3 is 0 Å². The number of hydrogen-bond acceptors (Lipinski definition) is 3. The summed E-state index contributed by atoms with van der Waals surface area (Å²) in [6, 6.07) is 3.96. The van der Waals surface area contributed by atoms with E-state index in [1.807, 2.05) is 18.3 Å². The number of rotatable bonds is 8. The highest BCUT2D eigenvalue weighted by Crippen LogP contribution is 2.25. The van der Waals surface area contributed by atoms with Gasteiger partial charge in [-0.3, -0.25) is 4.98 Å². The first-order chi connectivity index (χ1) is 9.33. The molecule has 2 aromatic heterocycles. The molecule has 2 heterocycles. The second kappa shape index (κ2) is 7.17. The van der Waals surface area contributed by atoms with Gasteiger partial charge in [0.15, 0.2) is 0 Å². The number of aryl methyl sites for hydroxylation is 1. The van der Waals surface area contributed by atoms with E-state index in [0.29, 0.717) is 5.95 Å². The summed E-state index contributed by atoms with van der Waals surface area (Å²) in [6.07, 6.45) is 8.72. The summed E-state index contributed by atoms with van der Waals surface area (Å²) in [5.41, 5.74) is 1.98. The van der Waals surface area contributed by atoms with E-state index >= 15 is 0 Å². The number of fused-ring (bicyclic) bond motifs is 1. The molecule has 0 fully saturated rings. The molecule has 0 aliphatic rings. The summed E-state index contributed by atoms with van der Waals surface area (Å²) in [5.74, 6) is 0.612. The van der Waals surface area contributed by atoms with Gasteiger partial charge in [0.25, 0.3) is 5.95 Å². The van der Waals surface area contributed by atoms with Crippen molar-refractivity contribution in [3.8, 4) is 5.95 Å². The fraction of sp³-hybridized carbons (Fsp3) is 0.562. The van der Waals surface area contributed by atoms with Crippen molar-refractivity contribution in [1.82, 2.24) is 4.98 Å². The Hall–Kier alpha value is -1.51. The molecule has 0 aromatic carbocycles. The second-order valence-corrected chi connectivity index (χ2v) is 4.94. The highest BCUT2D eigenvalue weighted by atomic mass is 16.6. The lowest BCUT2D eigenvalue weighted by Gasteiger charge is -2.00. The molecule has 0 unspecified atom stereocenters. The Morgan fingerprint density at radius 3 is 2.74 bits per heavy atom. The van der Waals surface area contributed by atoms with Crippen LogP contribution in [-0.4, -0.2) is 11.6 Å². The lowest BCUT2D eigenvalue weighted by Crippen LogP contribution is -1.95. The van der Waals surface area contributed by atoms with Crippen LogP contribution in [0.2, 0.25) is 0 Å². The van der Waals surface area contributed by atoms with Gasteiger partial charge in [0.2, 0.25) is 0 Å². The molecule has 0 saturated heterocycles. The fourth-order valence-electron chi connectivity index (χ4n) is 2.04. The number of nitrogens with zero attached hydrogens (tertiary/aromatic N) is 1. The minimum absolute atomic E-state index is 0.612. The number of furan rings is 1. The average molecular weight is 261 g/mol. The van der Waals surface area contributed by atoms with Crippen molar-refractivity contribution in [2.24, 2.45) is 0 Å². The Morgan fingerprint density at radius 2 is 1.95 bits per heavy atom. The SMILES string of the molecule is CCCCCOc1cc2cnc(CCCC)cc2o1. The highest BCUT2D eigenvalue weighted by Gasteiger charge is 2.06. The normalized spacial score (nSPS) is 11.1. The first-order valence-electron chi connectivity index (χ1n) is 7.34. The summed E-state index contributed by atoms with van der Waals surface area (Å²) < 4.78 is 11.3. The molecule has 3 heteroatoms.